The number of hydrogen-bond donors (Lipinski definition) is 1. The number of aromatic amines is 1. The number of hydrogen-bond acceptors (Lipinski definition) is 1. The minimum atomic E-state index is 0.279. The lowest BCUT2D eigenvalue weighted by Crippen LogP contribution is -2.25. The highest BCUT2D eigenvalue weighted by Gasteiger charge is 2.23. The molecule has 88 valence electrons. The Morgan fingerprint density at radius 1 is 1.00 bits per heavy atom. The maximum Gasteiger partial charge on any atom is 0.270 e. The predicted octanol–water partition coefficient (Wildman–Crippen LogP) is 2.56. The maximum absolute atomic E-state index is 12.2. The van der Waals surface area contributed by atoms with E-state index in [4.69, 9.17) is 0 Å². The van der Waals surface area contributed by atoms with E-state index < -0.39 is 0 Å². The van der Waals surface area contributed by atoms with Gasteiger partial charge in [0, 0.05) is 11.3 Å². The van der Waals surface area contributed by atoms with Gasteiger partial charge in [-0.25, -0.2) is 4.68 Å². The van der Waals surface area contributed by atoms with Crippen LogP contribution in [0.15, 0.2) is 4.79 Å². The van der Waals surface area contributed by atoms with Gasteiger partial charge in [-0.15, -0.1) is 0 Å². The van der Waals surface area contributed by atoms with Gasteiger partial charge in [-0.1, -0.05) is 19.3 Å². The van der Waals surface area contributed by atoms with Crippen molar-refractivity contribution in [2.24, 2.45) is 0 Å². The molecule has 1 fully saturated rings. The SMILES string of the molecule is O=c1c2c([nH]n1C1CCCCC1)CCCC2. The van der Waals surface area contributed by atoms with Crippen molar-refractivity contribution in [2.75, 3.05) is 0 Å². The molecular formula is C13H20N2O. The number of aromatic nitrogens is 2. The summed E-state index contributed by atoms with van der Waals surface area (Å²) in [4.78, 5) is 12.2. The average molecular weight is 220 g/mol. The lowest BCUT2D eigenvalue weighted by atomic mass is 9.95. The molecule has 0 aliphatic heterocycles. The summed E-state index contributed by atoms with van der Waals surface area (Å²) >= 11 is 0. The highest BCUT2D eigenvalue weighted by molar-refractivity contribution is 5.20. The molecule has 0 amide bonds. The second-order valence-electron chi connectivity index (χ2n) is 5.24. The Bertz CT molecular complexity index is 424. The van der Waals surface area contributed by atoms with E-state index in [0.717, 1.165) is 18.4 Å². The molecule has 1 saturated carbocycles. The molecule has 3 heteroatoms. The second-order valence-corrected chi connectivity index (χ2v) is 5.24. The molecule has 1 heterocycles. The van der Waals surface area contributed by atoms with Crippen LogP contribution in [-0.4, -0.2) is 9.78 Å². The normalized spacial score (nSPS) is 22.0. The molecule has 1 N–H and O–H groups in total. The maximum atomic E-state index is 12.2. The molecule has 0 aromatic carbocycles. The van der Waals surface area contributed by atoms with Crippen LogP contribution in [0.1, 0.15) is 62.2 Å². The van der Waals surface area contributed by atoms with E-state index in [1.807, 2.05) is 4.68 Å². The lowest BCUT2D eigenvalue weighted by Gasteiger charge is -2.21. The van der Waals surface area contributed by atoms with Gasteiger partial charge in [0.05, 0.1) is 6.04 Å². The standard InChI is InChI=1S/C13H20N2O/c16-13-11-8-4-5-9-12(11)14-15(13)10-6-2-1-3-7-10/h10,14H,1-9H2. The monoisotopic (exact) mass is 220 g/mol. The summed E-state index contributed by atoms with van der Waals surface area (Å²) in [6.07, 6.45) is 10.7. The first-order chi connectivity index (χ1) is 7.86. The van der Waals surface area contributed by atoms with Gasteiger partial charge < -0.3 is 0 Å². The molecule has 1 aromatic heterocycles. The highest BCUT2D eigenvalue weighted by atomic mass is 16.1. The fourth-order valence-electron chi connectivity index (χ4n) is 3.20. The van der Waals surface area contributed by atoms with Crippen LogP contribution in [0.3, 0.4) is 0 Å². The van der Waals surface area contributed by atoms with Crippen molar-refractivity contribution >= 4 is 0 Å². The summed E-state index contributed by atoms with van der Waals surface area (Å²) < 4.78 is 1.94. The Morgan fingerprint density at radius 3 is 2.50 bits per heavy atom. The number of rotatable bonds is 1. The molecule has 2 aliphatic rings. The average Bonchev–Trinajstić information content (AvgIpc) is 2.69. The third kappa shape index (κ3) is 1.62. The zero-order chi connectivity index (χ0) is 11.0. The quantitative estimate of drug-likeness (QED) is 0.776. The molecule has 3 rings (SSSR count). The number of fused-ring (bicyclic) bond motifs is 1. The molecule has 0 radical (unpaired) electrons. The third-order valence-electron chi connectivity index (χ3n) is 4.14. The molecule has 3 nitrogen and oxygen atoms in total. The largest absolute Gasteiger partial charge is 0.299 e. The molecule has 2 aliphatic carbocycles. The number of nitrogens with zero attached hydrogens (tertiary/aromatic N) is 1. The number of nitrogens with one attached hydrogen (secondary N) is 1. The number of H-pyrrole nitrogens is 1. The zero-order valence-corrected chi connectivity index (χ0v) is 9.80. The van der Waals surface area contributed by atoms with E-state index in [1.165, 1.54) is 50.6 Å². The van der Waals surface area contributed by atoms with E-state index >= 15 is 0 Å². The first-order valence-electron chi connectivity index (χ1n) is 6.68. The topological polar surface area (TPSA) is 37.8 Å². The van der Waals surface area contributed by atoms with Crippen molar-refractivity contribution in [3.8, 4) is 0 Å². The van der Waals surface area contributed by atoms with Crippen LogP contribution in [0.25, 0.3) is 0 Å². The molecule has 16 heavy (non-hydrogen) atoms. The Morgan fingerprint density at radius 2 is 1.75 bits per heavy atom. The Balaban J connectivity index is 1.94. The summed E-state index contributed by atoms with van der Waals surface area (Å²) in [6, 6.07) is 0.451. The molecule has 1 aromatic rings. The predicted molar refractivity (Wildman–Crippen MR) is 63.8 cm³/mol. The van der Waals surface area contributed by atoms with Gasteiger partial charge in [-0.2, -0.15) is 0 Å². The second kappa shape index (κ2) is 4.11. The van der Waals surface area contributed by atoms with Gasteiger partial charge in [-0.05, 0) is 38.5 Å². The molecule has 0 unspecified atom stereocenters. The zero-order valence-electron chi connectivity index (χ0n) is 9.80. The van der Waals surface area contributed by atoms with Crippen LogP contribution < -0.4 is 5.56 Å². The van der Waals surface area contributed by atoms with E-state index in [1.54, 1.807) is 0 Å². The van der Waals surface area contributed by atoms with Crippen molar-refractivity contribution in [1.82, 2.24) is 9.78 Å². The van der Waals surface area contributed by atoms with Crippen LogP contribution in [-0.2, 0) is 12.8 Å². The highest BCUT2D eigenvalue weighted by Crippen LogP contribution is 2.27. The fraction of sp³-hybridized carbons (Fsp3) is 0.769. The first kappa shape index (κ1) is 10.2. The van der Waals surface area contributed by atoms with Gasteiger partial charge in [0.25, 0.3) is 5.56 Å². The van der Waals surface area contributed by atoms with Crippen LogP contribution >= 0.6 is 0 Å². The van der Waals surface area contributed by atoms with Crippen LogP contribution in [0, 0.1) is 0 Å². The fourth-order valence-corrected chi connectivity index (χ4v) is 3.20. The van der Waals surface area contributed by atoms with Gasteiger partial charge >= 0.3 is 0 Å². The van der Waals surface area contributed by atoms with Crippen molar-refractivity contribution in [2.45, 2.75) is 63.8 Å². The van der Waals surface area contributed by atoms with Crippen LogP contribution in [0.4, 0.5) is 0 Å². The summed E-state index contributed by atoms with van der Waals surface area (Å²) in [5.41, 5.74) is 2.58. The minimum Gasteiger partial charge on any atom is -0.299 e. The Labute approximate surface area is 95.8 Å². The van der Waals surface area contributed by atoms with Crippen molar-refractivity contribution in [3.63, 3.8) is 0 Å². The van der Waals surface area contributed by atoms with E-state index in [2.05, 4.69) is 5.10 Å². The van der Waals surface area contributed by atoms with Gasteiger partial charge in [-0.3, -0.25) is 9.89 Å². The summed E-state index contributed by atoms with van der Waals surface area (Å²) in [5.74, 6) is 0. The van der Waals surface area contributed by atoms with Crippen molar-refractivity contribution < 1.29 is 0 Å². The summed E-state index contributed by atoms with van der Waals surface area (Å²) in [5, 5.41) is 3.38. The van der Waals surface area contributed by atoms with Gasteiger partial charge in [0.1, 0.15) is 0 Å². The third-order valence-corrected chi connectivity index (χ3v) is 4.14. The smallest absolute Gasteiger partial charge is 0.270 e. The van der Waals surface area contributed by atoms with Crippen LogP contribution in [0.5, 0.6) is 0 Å². The van der Waals surface area contributed by atoms with E-state index in [0.29, 0.717) is 6.04 Å². The Hall–Kier alpha value is -0.990. The van der Waals surface area contributed by atoms with Crippen molar-refractivity contribution in [3.05, 3.63) is 21.6 Å². The summed E-state index contributed by atoms with van der Waals surface area (Å²) in [6.45, 7) is 0. The van der Waals surface area contributed by atoms with Crippen molar-refractivity contribution in [1.29, 1.82) is 0 Å². The minimum absolute atomic E-state index is 0.279. The van der Waals surface area contributed by atoms with Gasteiger partial charge in [0.15, 0.2) is 0 Å². The molecule has 0 bridgehead atoms. The van der Waals surface area contributed by atoms with E-state index in [9.17, 15) is 4.79 Å². The molecular weight excluding hydrogens is 200 g/mol. The van der Waals surface area contributed by atoms with Gasteiger partial charge in [0.2, 0.25) is 0 Å². The first-order valence-corrected chi connectivity index (χ1v) is 6.68. The molecule has 0 atom stereocenters. The number of aryl methyl sites for hydroxylation is 1. The molecule has 0 spiro atoms. The molecule has 0 saturated heterocycles. The van der Waals surface area contributed by atoms with Crippen LogP contribution in [0.2, 0.25) is 0 Å². The lowest BCUT2D eigenvalue weighted by molar-refractivity contribution is 0.322. The summed E-state index contributed by atoms with van der Waals surface area (Å²) in [7, 11) is 0. The Kier molecular flexibility index (Phi) is 2.62. The van der Waals surface area contributed by atoms with E-state index in [-0.39, 0.29) is 5.56 Å².